The summed E-state index contributed by atoms with van der Waals surface area (Å²) in [6, 6.07) is 5.91. The molecule has 3 aliphatic rings. The van der Waals surface area contributed by atoms with Crippen molar-refractivity contribution in [3.05, 3.63) is 30.1 Å². The van der Waals surface area contributed by atoms with Gasteiger partial charge in [-0.05, 0) is 43.7 Å². The molecule has 1 aliphatic heterocycles. The van der Waals surface area contributed by atoms with Gasteiger partial charge < -0.3 is 4.74 Å². The van der Waals surface area contributed by atoms with Crippen LogP contribution in [0.3, 0.4) is 0 Å². The lowest BCUT2D eigenvalue weighted by Gasteiger charge is -2.27. The number of rotatable bonds is 1. The number of esters is 1. The van der Waals surface area contributed by atoms with Crippen molar-refractivity contribution < 1.29 is 9.53 Å². The Labute approximate surface area is 100 Å². The van der Waals surface area contributed by atoms with Gasteiger partial charge >= 0.3 is 5.97 Å². The van der Waals surface area contributed by atoms with Gasteiger partial charge in [-0.15, -0.1) is 0 Å². The normalized spacial score (nSPS) is 42.6. The van der Waals surface area contributed by atoms with Crippen LogP contribution in [-0.2, 0) is 15.1 Å². The first kappa shape index (κ1) is 9.63. The van der Waals surface area contributed by atoms with Crippen LogP contribution in [0.1, 0.15) is 31.4 Å². The molecule has 1 aromatic rings. The Balaban J connectivity index is 1.85. The summed E-state index contributed by atoms with van der Waals surface area (Å²) in [5.74, 6) is 1.23. The molecule has 3 heteroatoms. The fraction of sp³-hybridized carbons (Fsp3) is 0.571. The van der Waals surface area contributed by atoms with Gasteiger partial charge in [0.25, 0.3) is 0 Å². The highest BCUT2D eigenvalue weighted by Crippen LogP contribution is 2.62. The van der Waals surface area contributed by atoms with Crippen LogP contribution >= 0.6 is 0 Å². The maximum atomic E-state index is 12.0. The number of carbonyl (C=O) groups excluding carboxylic acids is 1. The zero-order valence-corrected chi connectivity index (χ0v) is 9.63. The highest BCUT2D eigenvalue weighted by atomic mass is 16.6. The van der Waals surface area contributed by atoms with E-state index < -0.39 is 0 Å². The summed E-state index contributed by atoms with van der Waals surface area (Å²) >= 11 is 0. The van der Waals surface area contributed by atoms with E-state index >= 15 is 0 Å². The molecule has 2 aliphatic carbocycles. The first-order valence-electron chi connectivity index (χ1n) is 6.46. The minimum absolute atomic E-state index is 0.0165. The first-order chi connectivity index (χ1) is 8.31. The molecule has 1 aromatic heterocycles. The van der Waals surface area contributed by atoms with Crippen molar-refractivity contribution in [1.82, 2.24) is 4.98 Å². The van der Waals surface area contributed by atoms with Gasteiger partial charge in [0.1, 0.15) is 0 Å². The molecule has 17 heavy (non-hydrogen) atoms. The lowest BCUT2D eigenvalue weighted by molar-refractivity contribution is -0.152. The average Bonchev–Trinajstić information content (AvgIpc) is 2.98. The second kappa shape index (κ2) is 3.09. The molecule has 1 saturated heterocycles. The summed E-state index contributed by atoms with van der Waals surface area (Å²) in [7, 11) is 0. The molecule has 88 valence electrons. The number of aromatic nitrogens is 1. The van der Waals surface area contributed by atoms with Crippen LogP contribution in [0.25, 0.3) is 0 Å². The Morgan fingerprint density at radius 1 is 1.29 bits per heavy atom. The molecule has 3 fully saturated rings. The molecular weight excluding hydrogens is 214 g/mol. The van der Waals surface area contributed by atoms with Gasteiger partial charge in [-0.3, -0.25) is 9.78 Å². The molecule has 0 spiro atoms. The van der Waals surface area contributed by atoms with Crippen LogP contribution in [0.5, 0.6) is 0 Å². The highest BCUT2D eigenvalue weighted by Gasteiger charge is 2.65. The zero-order valence-electron chi connectivity index (χ0n) is 9.63. The van der Waals surface area contributed by atoms with E-state index in [0.717, 1.165) is 18.5 Å². The standard InChI is InChI=1S/C14H15NO2/c16-13-10-5-4-9-6-7-14(17-13,12(9)10)11-3-1-2-8-15-11/h1-3,8-10,12H,4-7H2/t9-,10-,12+,14-/m1/s1. The molecule has 0 radical (unpaired) electrons. The number of pyridine rings is 1. The second-order valence-electron chi connectivity index (χ2n) is 5.53. The minimum atomic E-state index is -0.385. The topological polar surface area (TPSA) is 39.2 Å². The molecule has 0 N–H and O–H groups in total. The maximum absolute atomic E-state index is 12.0. The molecule has 2 heterocycles. The number of carbonyl (C=O) groups is 1. The Morgan fingerprint density at radius 2 is 2.24 bits per heavy atom. The fourth-order valence-electron chi connectivity index (χ4n) is 4.28. The van der Waals surface area contributed by atoms with E-state index in [1.807, 2.05) is 18.2 Å². The van der Waals surface area contributed by atoms with Crippen LogP contribution in [0.2, 0.25) is 0 Å². The van der Waals surface area contributed by atoms with Gasteiger partial charge in [-0.2, -0.15) is 0 Å². The summed E-state index contributed by atoms with van der Waals surface area (Å²) in [5.41, 5.74) is 0.578. The summed E-state index contributed by atoms with van der Waals surface area (Å²) in [5, 5.41) is 0. The largest absolute Gasteiger partial charge is 0.452 e. The molecule has 0 unspecified atom stereocenters. The molecule has 0 bridgehead atoms. The number of nitrogens with zero attached hydrogens (tertiary/aromatic N) is 1. The zero-order chi connectivity index (χ0) is 11.5. The SMILES string of the molecule is O=C1O[C@@]2(c3ccccn3)CC[C@H]3CC[C@@H]1[C@H]32. The molecule has 2 saturated carbocycles. The summed E-state index contributed by atoms with van der Waals surface area (Å²) in [6.45, 7) is 0. The quantitative estimate of drug-likeness (QED) is 0.693. The second-order valence-corrected chi connectivity index (χ2v) is 5.53. The average molecular weight is 229 g/mol. The number of hydrogen-bond donors (Lipinski definition) is 0. The van der Waals surface area contributed by atoms with E-state index in [4.69, 9.17) is 4.74 Å². The van der Waals surface area contributed by atoms with Crippen molar-refractivity contribution in [2.75, 3.05) is 0 Å². The van der Waals surface area contributed by atoms with Crippen LogP contribution in [-0.4, -0.2) is 11.0 Å². The Kier molecular flexibility index (Phi) is 1.75. The molecule has 4 rings (SSSR count). The lowest BCUT2D eigenvalue weighted by atomic mass is 9.82. The monoisotopic (exact) mass is 229 g/mol. The van der Waals surface area contributed by atoms with Crippen molar-refractivity contribution in [2.24, 2.45) is 17.8 Å². The minimum Gasteiger partial charge on any atom is -0.452 e. The molecule has 4 atom stereocenters. The first-order valence-corrected chi connectivity index (χ1v) is 6.46. The molecule has 0 aromatic carbocycles. The van der Waals surface area contributed by atoms with Gasteiger partial charge in [0.05, 0.1) is 11.6 Å². The highest BCUT2D eigenvalue weighted by molar-refractivity contribution is 5.77. The van der Waals surface area contributed by atoms with Crippen LogP contribution in [0, 0.1) is 17.8 Å². The summed E-state index contributed by atoms with van der Waals surface area (Å²) in [4.78, 5) is 16.4. The molecule has 0 amide bonds. The molecular formula is C14H15NO2. The third-order valence-electron chi connectivity index (χ3n) is 4.90. The fourth-order valence-corrected chi connectivity index (χ4v) is 4.28. The third-order valence-corrected chi connectivity index (χ3v) is 4.90. The third kappa shape index (κ3) is 1.07. The Bertz CT molecular complexity index is 472. The van der Waals surface area contributed by atoms with Crippen molar-refractivity contribution in [3.63, 3.8) is 0 Å². The van der Waals surface area contributed by atoms with Crippen molar-refractivity contribution in [3.8, 4) is 0 Å². The van der Waals surface area contributed by atoms with Crippen molar-refractivity contribution in [2.45, 2.75) is 31.3 Å². The van der Waals surface area contributed by atoms with Crippen LogP contribution in [0.4, 0.5) is 0 Å². The van der Waals surface area contributed by atoms with Gasteiger partial charge in [0, 0.05) is 12.1 Å². The smallest absolute Gasteiger partial charge is 0.310 e. The van der Waals surface area contributed by atoms with Crippen LogP contribution < -0.4 is 0 Å². The van der Waals surface area contributed by atoms with Gasteiger partial charge in [-0.25, -0.2) is 0 Å². The Hall–Kier alpha value is -1.38. The maximum Gasteiger partial charge on any atom is 0.310 e. The lowest BCUT2D eigenvalue weighted by Crippen LogP contribution is -2.30. The molecule has 3 nitrogen and oxygen atoms in total. The van der Waals surface area contributed by atoms with Crippen LogP contribution in [0.15, 0.2) is 24.4 Å². The summed E-state index contributed by atoms with van der Waals surface area (Å²) < 4.78 is 5.79. The predicted molar refractivity (Wildman–Crippen MR) is 60.9 cm³/mol. The predicted octanol–water partition coefficient (Wildman–Crippen LogP) is 2.27. The van der Waals surface area contributed by atoms with Crippen molar-refractivity contribution in [1.29, 1.82) is 0 Å². The number of ether oxygens (including phenoxy) is 1. The van der Waals surface area contributed by atoms with E-state index in [0.29, 0.717) is 11.8 Å². The van der Waals surface area contributed by atoms with E-state index in [9.17, 15) is 4.79 Å². The number of hydrogen-bond acceptors (Lipinski definition) is 3. The van der Waals surface area contributed by atoms with Gasteiger partial charge in [0.2, 0.25) is 0 Å². The van der Waals surface area contributed by atoms with Gasteiger partial charge in [0.15, 0.2) is 5.60 Å². The van der Waals surface area contributed by atoms with E-state index in [-0.39, 0.29) is 17.5 Å². The van der Waals surface area contributed by atoms with E-state index in [1.54, 1.807) is 6.20 Å². The van der Waals surface area contributed by atoms with Gasteiger partial charge in [-0.1, -0.05) is 6.07 Å². The van der Waals surface area contributed by atoms with Crippen molar-refractivity contribution >= 4 is 5.97 Å². The summed E-state index contributed by atoms with van der Waals surface area (Å²) in [6.07, 6.45) is 6.15. The van der Waals surface area contributed by atoms with E-state index in [1.165, 1.54) is 12.8 Å². The Morgan fingerprint density at radius 3 is 3.06 bits per heavy atom. The van der Waals surface area contributed by atoms with E-state index in [2.05, 4.69) is 4.98 Å².